The van der Waals surface area contributed by atoms with Crippen LogP contribution in [0, 0.1) is 44.8 Å². The molecule has 0 aromatic heterocycles. The van der Waals surface area contributed by atoms with Gasteiger partial charge in [-0.25, -0.2) is 0 Å². The van der Waals surface area contributed by atoms with Gasteiger partial charge in [0.15, 0.2) is 6.29 Å². The molecule has 14 atom stereocenters. The van der Waals surface area contributed by atoms with Crippen LogP contribution >= 0.6 is 0 Å². The van der Waals surface area contributed by atoms with Crippen molar-refractivity contribution in [1.82, 2.24) is 0 Å². The lowest BCUT2D eigenvalue weighted by molar-refractivity contribution is -0.340. The quantitative estimate of drug-likeness (QED) is 0.190. The van der Waals surface area contributed by atoms with Gasteiger partial charge in [0, 0.05) is 6.42 Å². The number of fused-ring (bicyclic) bond motifs is 7. The first-order chi connectivity index (χ1) is 21.5. The van der Waals surface area contributed by atoms with E-state index in [4.69, 9.17) is 14.2 Å². The summed E-state index contributed by atoms with van der Waals surface area (Å²) in [5, 5.41) is 64.1. The van der Waals surface area contributed by atoms with Crippen LogP contribution in [-0.4, -0.2) is 99.2 Å². The Kier molecular flexibility index (Phi) is 8.36. The van der Waals surface area contributed by atoms with E-state index in [1.165, 1.54) is 7.11 Å². The zero-order valence-corrected chi connectivity index (χ0v) is 27.9. The predicted octanol–water partition coefficient (Wildman–Crippen LogP) is 2.55. The van der Waals surface area contributed by atoms with Gasteiger partial charge in [0.2, 0.25) is 0 Å². The number of aliphatic hydroxyl groups excluding tert-OH is 5. The summed E-state index contributed by atoms with van der Waals surface area (Å²) < 4.78 is 17.3. The van der Waals surface area contributed by atoms with Gasteiger partial charge in [-0.05, 0) is 98.7 Å². The molecule has 6 N–H and O–H groups in total. The summed E-state index contributed by atoms with van der Waals surface area (Å²) in [7, 11) is 1.39. The van der Waals surface area contributed by atoms with E-state index in [0.717, 1.165) is 12.0 Å². The number of carboxylic acids is 1. The third kappa shape index (κ3) is 4.55. The molecule has 4 saturated carbocycles. The molecule has 11 heteroatoms. The Bertz CT molecular complexity index is 1270. The maximum atomic E-state index is 13.0. The summed E-state index contributed by atoms with van der Waals surface area (Å²) in [6, 6.07) is 0. The molecule has 6 aliphatic rings. The van der Waals surface area contributed by atoms with E-state index in [-0.39, 0.29) is 47.6 Å². The minimum atomic E-state index is -1.52. The van der Waals surface area contributed by atoms with Crippen LogP contribution in [0.3, 0.4) is 0 Å². The first-order valence-electron chi connectivity index (χ1n) is 17.1. The van der Waals surface area contributed by atoms with Crippen molar-refractivity contribution >= 4 is 11.9 Å². The van der Waals surface area contributed by atoms with E-state index >= 15 is 0 Å². The number of hydrogen-bond acceptors (Lipinski definition) is 10. The molecular weight excluding hydrogens is 596 g/mol. The molecule has 260 valence electrons. The third-order valence-electron chi connectivity index (χ3n) is 14.7. The second-order valence-corrected chi connectivity index (χ2v) is 16.7. The van der Waals surface area contributed by atoms with Crippen LogP contribution in [0.5, 0.6) is 0 Å². The fourth-order valence-corrected chi connectivity index (χ4v) is 12.0. The van der Waals surface area contributed by atoms with Gasteiger partial charge < -0.3 is 44.8 Å². The van der Waals surface area contributed by atoms with Crippen molar-refractivity contribution in [2.45, 2.75) is 128 Å². The number of allylic oxidation sites excluding steroid dienone is 2. The highest BCUT2D eigenvalue weighted by molar-refractivity contribution is 5.80. The van der Waals surface area contributed by atoms with Crippen molar-refractivity contribution in [3.8, 4) is 0 Å². The molecule has 0 aromatic carbocycles. The molecule has 14 unspecified atom stereocenters. The Morgan fingerprint density at radius 3 is 2.28 bits per heavy atom. The molecule has 1 aliphatic heterocycles. The Morgan fingerprint density at radius 2 is 1.63 bits per heavy atom. The highest BCUT2D eigenvalue weighted by Gasteiger charge is 2.71. The van der Waals surface area contributed by atoms with E-state index in [9.17, 15) is 40.2 Å². The van der Waals surface area contributed by atoms with Crippen LogP contribution in [0.15, 0.2) is 11.6 Å². The number of esters is 1. The Morgan fingerprint density at radius 1 is 0.935 bits per heavy atom. The van der Waals surface area contributed by atoms with E-state index < -0.39 is 65.1 Å². The number of carbonyl (C=O) groups is 2. The highest BCUT2D eigenvalue weighted by Crippen LogP contribution is 2.75. The van der Waals surface area contributed by atoms with Crippen LogP contribution in [0.2, 0.25) is 0 Å². The van der Waals surface area contributed by atoms with Gasteiger partial charge in [0.05, 0.1) is 37.3 Å². The smallest absolute Gasteiger partial charge is 0.311 e. The molecule has 5 aliphatic carbocycles. The monoisotopic (exact) mass is 650 g/mol. The largest absolute Gasteiger partial charge is 0.481 e. The standard InChI is InChI=1S/C35H54O11/c1-30(29(43)44-5)10-12-34(28(41)42)13-11-32(3)20(21(34)16-30)6-7-23-31(2)14-19(37)15-35(18-36,24(31)8-9-33(23,32)4)46-27-26(40)25(39)22(38)17-45-27/h6,19,21-27,36-40H,7-18H2,1-5H3,(H,41,42). The summed E-state index contributed by atoms with van der Waals surface area (Å²) in [6.07, 6.45) is 1.26. The lowest BCUT2D eigenvalue weighted by Crippen LogP contribution is -2.69. The van der Waals surface area contributed by atoms with Crippen LogP contribution < -0.4 is 0 Å². The third-order valence-corrected chi connectivity index (χ3v) is 14.7. The average Bonchev–Trinajstić information content (AvgIpc) is 3.00. The van der Waals surface area contributed by atoms with Crippen LogP contribution in [0.4, 0.5) is 0 Å². The fraction of sp³-hybridized carbons (Fsp3) is 0.886. The van der Waals surface area contributed by atoms with Crippen molar-refractivity contribution in [3.05, 3.63) is 11.6 Å². The topological polar surface area (TPSA) is 183 Å². The lowest BCUT2D eigenvalue weighted by atomic mass is 9.34. The number of methoxy groups -OCH3 is 1. The molecule has 5 fully saturated rings. The zero-order chi connectivity index (χ0) is 33.7. The fourth-order valence-electron chi connectivity index (χ4n) is 12.0. The van der Waals surface area contributed by atoms with E-state index in [2.05, 4.69) is 26.8 Å². The number of carboxylic acid groups (broad SMARTS) is 1. The normalized spacial score (nSPS) is 53.5. The SMILES string of the molecule is COC(=O)C1(C)CCC2(C(=O)O)CCC3(C)C(=CCC4C5(C)CC(O)CC(CO)(OC6OCC(O)C(O)C6O)C5CCC43C)C2C1. The molecule has 11 nitrogen and oxygen atoms in total. The molecule has 46 heavy (non-hydrogen) atoms. The van der Waals surface area contributed by atoms with Crippen LogP contribution in [0.25, 0.3) is 0 Å². The van der Waals surface area contributed by atoms with Gasteiger partial charge in [-0.2, -0.15) is 0 Å². The Balaban J connectivity index is 1.38. The molecule has 0 aromatic rings. The van der Waals surface area contributed by atoms with Crippen molar-refractivity contribution in [3.63, 3.8) is 0 Å². The predicted molar refractivity (Wildman–Crippen MR) is 164 cm³/mol. The summed E-state index contributed by atoms with van der Waals surface area (Å²) >= 11 is 0. The summed E-state index contributed by atoms with van der Waals surface area (Å²) in [5.41, 5.74) is -2.91. The molecule has 0 spiro atoms. The summed E-state index contributed by atoms with van der Waals surface area (Å²) in [4.78, 5) is 26.0. The number of aliphatic carboxylic acids is 1. The average molecular weight is 651 g/mol. The number of ether oxygens (including phenoxy) is 3. The molecular formula is C35H54O11. The number of hydrogen-bond donors (Lipinski definition) is 6. The number of aliphatic hydroxyl groups is 5. The van der Waals surface area contributed by atoms with Crippen molar-refractivity contribution in [2.24, 2.45) is 44.8 Å². The minimum Gasteiger partial charge on any atom is -0.481 e. The van der Waals surface area contributed by atoms with Gasteiger partial charge in [0.1, 0.15) is 23.9 Å². The van der Waals surface area contributed by atoms with Crippen molar-refractivity contribution in [1.29, 1.82) is 0 Å². The zero-order valence-electron chi connectivity index (χ0n) is 27.9. The molecule has 0 amide bonds. The highest BCUT2D eigenvalue weighted by atomic mass is 16.7. The van der Waals surface area contributed by atoms with Gasteiger partial charge in [-0.1, -0.05) is 32.4 Å². The first-order valence-corrected chi connectivity index (χ1v) is 17.1. The number of rotatable bonds is 5. The van der Waals surface area contributed by atoms with E-state index in [0.29, 0.717) is 51.4 Å². The molecule has 1 heterocycles. The Hall–Kier alpha value is -1.60. The van der Waals surface area contributed by atoms with Gasteiger partial charge in [-0.3, -0.25) is 9.59 Å². The first kappa shape index (κ1) is 34.3. The maximum Gasteiger partial charge on any atom is 0.311 e. The van der Waals surface area contributed by atoms with Crippen molar-refractivity contribution < 1.29 is 54.4 Å². The second-order valence-electron chi connectivity index (χ2n) is 16.7. The second kappa shape index (κ2) is 11.2. The van der Waals surface area contributed by atoms with Crippen molar-refractivity contribution in [2.75, 3.05) is 20.3 Å². The molecule has 6 rings (SSSR count). The van der Waals surface area contributed by atoms with Crippen LogP contribution in [-0.2, 0) is 23.8 Å². The number of carbonyl (C=O) groups excluding carboxylic acids is 1. The van der Waals surface area contributed by atoms with Gasteiger partial charge >= 0.3 is 11.9 Å². The summed E-state index contributed by atoms with van der Waals surface area (Å²) in [5.74, 6) is -1.52. The lowest BCUT2D eigenvalue weighted by Gasteiger charge is -2.71. The van der Waals surface area contributed by atoms with E-state index in [1.54, 1.807) is 0 Å². The summed E-state index contributed by atoms with van der Waals surface area (Å²) in [6.45, 7) is 8.03. The van der Waals surface area contributed by atoms with Gasteiger partial charge in [0.25, 0.3) is 0 Å². The Labute approximate surface area is 271 Å². The van der Waals surface area contributed by atoms with E-state index in [1.807, 2.05) is 6.92 Å². The molecule has 1 saturated heterocycles. The maximum absolute atomic E-state index is 13.0. The molecule has 0 radical (unpaired) electrons. The van der Waals surface area contributed by atoms with Gasteiger partial charge in [-0.15, -0.1) is 0 Å². The minimum absolute atomic E-state index is 0.0643. The molecule has 0 bridgehead atoms. The van der Waals surface area contributed by atoms with Crippen LogP contribution in [0.1, 0.15) is 91.9 Å².